The van der Waals surface area contributed by atoms with Gasteiger partial charge in [-0.3, -0.25) is 0 Å². The predicted octanol–water partition coefficient (Wildman–Crippen LogP) is 4.49. The van der Waals surface area contributed by atoms with Crippen LogP contribution >= 0.6 is 0 Å². The van der Waals surface area contributed by atoms with Crippen molar-refractivity contribution in [2.24, 2.45) is 11.3 Å². The Morgan fingerprint density at radius 3 is 1.70 bits per heavy atom. The van der Waals surface area contributed by atoms with Gasteiger partial charge in [0.25, 0.3) is 6.17 Å². The van der Waals surface area contributed by atoms with E-state index >= 15 is 0 Å². The normalized spacial score (nSPS) is 31.2. The van der Waals surface area contributed by atoms with Crippen LogP contribution in [0.4, 0.5) is 26.3 Å². The van der Waals surface area contributed by atoms with Gasteiger partial charge in [0.15, 0.2) is 0 Å². The highest BCUT2D eigenvalue weighted by Crippen LogP contribution is 2.50. The van der Waals surface area contributed by atoms with Crippen LogP contribution in [0.5, 0.6) is 0 Å². The average molecular weight is 306 g/mol. The molecule has 1 N–H and O–H groups in total. The summed E-state index contributed by atoms with van der Waals surface area (Å²) in [6.45, 7) is 5.69. The molecule has 1 rings (SSSR count). The summed E-state index contributed by atoms with van der Waals surface area (Å²) < 4.78 is 76.8. The van der Waals surface area contributed by atoms with Crippen LogP contribution in [0.1, 0.15) is 46.5 Å². The van der Waals surface area contributed by atoms with Gasteiger partial charge in [-0.1, -0.05) is 20.8 Å². The van der Waals surface area contributed by atoms with E-state index in [0.717, 1.165) is 0 Å². The zero-order valence-electron chi connectivity index (χ0n) is 11.7. The predicted molar refractivity (Wildman–Crippen MR) is 62.3 cm³/mol. The van der Waals surface area contributed by atoms with Crippen LogP contribution in [-0.2, 0) is 0 Å². The number of hydrogen-bond donors (Lipinski definition) is 1. The van der Waals surface area contributed by atoms with Crippen molar-refractivity contribution in [3.8, 4) is 0 Å². The largest absolute Gasteiger partial charge is 0.425 e. The summed E-state index contributed by atoms with van der Waals surface area (Å²) in [5, 5.41) is 9.83. The maximum atomic E-state index is 13.7. The Morgan fingerprint density at radius 2 is 1.40 bits per heavy atom. The van der Waals surface area contributed by atoms with Crippen LogP contribution in [0, 0.1) is 11.3 Å². The summed E-state index contributed by atoms with van der Waals surface area (Å²) in [7, 11) is 0. The second-order valence-corrected chi connectivity index (χ2v) is 6.70. The van der Waals surface area contributed by atoms with E-state index in [-0.39, 0.29) is 24.2 Å². The van der Waals surface area contributed by atoms with Gasteiger partial charge in [-0.05, 0) is 37.0 Å². The van der Waals surface area contributed by atoms with Crippen LogP contribution in [-0.4, -0.2) is 29.0 Å². The molecule has 0 aliphatic heterocycles. The van der Waals surface area contributed by atoms with Gasteiger partial charge in [0.2, 0.25) is 0 Å². The smallest absolute Gasteiger partial charge is 0.383 e. The molecule has 1 nitrogen and oxygen atoms in total. The molecule has 0 saturated heterocycles. The van der Waals surface area contributed by atoms with E-state index in [2.05, 4.69) is 0 Å². The molecular weight excluding hydrogens is 286 g/mol. The molecule has 120 valence electrons. The molecule has 1 fully saturated rings. The number of alkyl halides is 6. The maximum absolute atomic E-state index is 13.7. The highest BCUT2D eigenvalue weighted by atomic mass is 19.4. The lowest BCUT2D eigenvalue weighted by atomic mass is 9.66. The third-order valence-corrected chi connectivity index (χ3v) is 4.26. The Balaban J connectivity index is 2.87. The molecule has 7 heteroatoms. The van der Waals surface area contributed by atoms with E-state index in [4.69, 9.17) is 0 Å². The van der Waals surface area contributed by atoms with E-state index in [1.54, 1.807) is 0 Å². The molecule has 0 spiro atoms. The summed E-state index contributed by atoms with van der Waals surface area (Å²) >= 11 is 0. The van der Waals surface area contributed by atoms with Crippen molar-refractivity contribution in [1.29, 1.82) is 0 Å². The van der Waals surface area contributed by atoms with Crippen molar-refractivity contribution in [1.82, 2.24) is 0 Å². The van der Waals surface area contributed by atoms with Crippen LogP contribution < -0.4 is 0 Å². The molecule has 1 atom stereocenters. The lowest BCUT2D eigenvalue weighted by Gasteiger charge is -2.45. The van der Waals surface area contributed by atoms with Crippen LogP contribution in [0.15, 0.2) is 0 Å². The third-order valence-electron chi connectivity index (χ3n) is 4.26. The van der Waals surface area contributed by atoms with Crippen molar-refractivity contribution in [2.45, 2.75) is 70.3 Å². The first kappa shape index (κ1) is 17.6. The Labute approximate surface area is 114 Å². The summed E-state index contributed by atoms with van der Waals surface area (Å²) in [6, 6.07) is 0. The van der Waals surface area contributed by atoms with Gasteiger partial charge in [-0.15, -0.1) is 0 Å². The van der Waals surface area contributed by atoms with E-state index in [9.17, 15) is 31.4 Å². The molecule has 0 aromatic carbocycles. The molecule has 0 amide bonds. The van der Waals surface area contributed by atoms with Crippen LogP contribution in [0.25, 0.3) is 0 Å². The maximum Gasteiger partial charge on any atom is 0.425 e. The van der Waals surface area contributed by atoms with Crippen molar-refractivity contribution in [2.75, 3.05) is 0 Å². The molecule has 20 heavy (non-hydrogen) atoms. The molecule has 0 radical (unpaired) electrons. The molecule has 1 unspecified atom stereocenters. The standard InChI is InChI=1S/C13H20F6O/c1-10(2,3)8-4-6-11(20,7-5-8)12(15,16)9(14)13(17,18)19/h8-9,20H,4-7H2,1-3H3. The van der Waals surface area contributed by atoms with E-state index in [1.807, 2.05) is 20.8 Å². The first-order chi connectivity index (χ1) is 8.72. The van der Waals surface area contributed by atoms with E-state index in [0.29, 0.717) is 0 Å². The molecule has 0 bridgehead atoms. The quantitative estimate of drug-likeness (QED) is 0.745. The Kier molecular flexibility index (Phi) is 4.46. The highest BCUT2D eigenvalue weighted by molar-refractivity contribution is 5.03. The second-order valence-electron chi connectivity index (χ2n) is 6.70. The monoisotopic (exact) mass is 306 g/mol. The number of halogens is 6. The fourth-order valence-corrected chi connectivity index (χ4v) is 2.74. The molecule has 0 aromatic rings. The Hall–Kier alpha value is -0.460. The van der Waals surface area contributed by atoms with E-state index < -0.39 is 36.7 Å². The second kappa shape index (κ2) is 5.07. The van der Waals surface area contributed by atoms with Crippen molar-refractivity contribution in [3.63, 3.8) is 0 Å². The first-order valence-corrected chi connectivity index (χ1v) is 6.53. The summed E-state index contributed by atoms with van der Waals surface area (Å²) in [5.74, 6) is -4.81. The molecular formula is C13H20F6O. The van der Waals surface area contributed by atoms with Gasteiger partial charge in [-0.25, -0.2) is 4.39 Å². The lowest BCUT2D eigenvalue weighted by molar-refractivity contribution is -0.300. The topological polar surface area (TPSA) is 20.2 Å². The number of aliphatic hydroxyl groups is 1. The Bertz CT molecular complexity index is 336. The van der Waals surface area contributed by atoms with Crippen molar-refractivity contribution < 1.29 is 31.4 Å². The fraction of sp³-hybridized carbons (Fsp3) is 1.00. The Morgan fingerprint density at radius 1 is 1.00 bits per heavy atom. The minimum absolute atomic E-state index is 0.0162. The first-order valence-electron chi connectivity index (χ1n) is 6.53. The average Bonchev–Trinajstić information content (AvgIpc) is 2.25. The summed E-state index contributed by atoms with van der Waals surface area (Å²) in [6.07, 6.45) is -10.8. The molecule has 1 saturated carbocycles. The zero-order chi connectivity index (χ0) is 16.0. The highest BCUT2D eigenvalue weighted by Gasteiger charge is 2.67. The van der Waals surface area contributed by atoms with Gasteiger partial charge in [0, 0.05) is 0 Å². The third kappa shape index (κ3) is 3.23. The van der Waals surface area contributed by atoms with Gasteiger partial charge < -0.3 is 5.11 Å². The van der Waals surface area contributed by atoms with Gasteiger partial charge >= 0.3 is 12.1 Å². The van der Waals surface area contributed by atoms with Crippen molar-refractivity contribution >= 4 is 0 Å². The summed E-state index contributed by atoms with van der Waals surface area (Å²) in [5.41, 5.74) is -3.11. The SMILES string of the molecule is CC(C)(C)C1CCC(O)(C(F)(F)C(F)C(F)(F)F)CC1. The van der Waals surface area contributed by atoms with Gasteiger partial charge in [-0.2, -0.15) is 22.0 Å². The van der Waals surface area contributed by atoms with Crippen LogP contribution in [0.2, 0.25) is 0 Å². The number of hydrogen-bond acceptors (Lipinski definition) is 1. The van der Waals surface area contributed by atoms with Gasteiger partial charge in [0.05, 0.1) is 0 Å². The van der Waals surface area contributed by atoms with E-state index in [1.165, 1.54) is 0 Å². The fourth-order valence-electron chi connectivity index (χ4n) is 2.74. The van der Waals surface area contributed by atoms with Gasteiger partial charge in [0.1, 0.15) is 5.60 Å². The lowest BCUT2D eigenvalue weighted by Crippen LogP contribution is -2.59. The number of rotatable bonds is 2. The van der Waals surface area contributed by atoms with Crippen LogP contribution in [0.3, 0.4) is 0 Å². The molecule has 0 aromatic heterocycles. The summed E-state index contributed by atoms with van der Waals surface area (Å²) in [4.78, 5) is 0. The van der Waals surface area contributed by atoms with Crippen molar-refractivity contribution in [3.05, 3.63) is 0 Å². The molecule has 1 aliphatic rings. The zero-order valence-corrected chi connectivity index (χ0v) is 11.7. The minimum atomic E-state index is -5.68. The molecule has 0 heterocycles. The minimum Gasteiger partial charge on any atom is -0.383 e. The molecule has 1 aliphatic carbocycles.